The molecule has 2 atom stereocenters. The van der Waals surface area contributed by atoms with Crippen molar-refractivity contribution in [2.45, 2.75) is 50.7 Å². The number of fused-ring (bicyclic) bond motifs is 1. The summed E-state index contributed by atoms with van der Waals surface area (Å²) < 4.78 is 0. The number of pyridine rings is 1. The lowest BCUT2D eigenvalue weighted by Gasteiger charge is -2.26. The number of hydrogen-bond donors (Lipinski definition) is 1. The zero-order valence-corrected chi connectivity index (χ0v) is 13.5. The zero-order valence-electron chi connectivity index (χ0n) is 13.5. The Balaban J connectivity index is 1.61. The average Bonchev–Trinajstić information content (AvgIpc) is 3.22. The lowest BCUT2D eigenvalue weighted by atomic mass is 9.95. The molecule has 122 valence electrons. The molecule has 2 saturated heterocycles. The van der Waals surface area contributed by atoms with Gasteiger partial charge in [-0.2, -0.15) is 5.26 Å². The second-order valence-corrected chi connectivity index (χ2v) is 7.07. The molecule has 1 aromatic heterocycles. The fraction of sp³-hybridized carbons (Fsp3) is 0.667. The van der Waals surface area contributed by atoms with Crippen LogP contribution in [0.25, 0.3) is 0 Å². The van der Waals surface area contributed by atoms with Crippen LogP contribution in [-0.4, -0.2) is 53.3 Å². The van der Waals surface area contributed by atoms with Gasteiger partial charge >= 0.3 is 0 Å². The summed E-state index contributed by atoms with van der Waals surface area (Å²) in [6, 6.07) is 4.54. The average molecular weight is 312 g/mol. The Labute approximate surface area is 137 Å². The van der Waals surface area contributed by atoms with Gasteiger partial charge < -0.3 is 10.0 Å². The van der Waals surface area contributed by atoms with Gasteiger partial charge in [-0.1, -0.05) is 0 Å². The first-order valence-corrected chi connectivity index (χ1v) is 8.86. The van der Waals surface area contributed by atoms with Gasteiger partial charge in [-0.05, 0) is 63.2 Å². The van der Waals surface area contributed by atoms with Crippen molar-refractivity contribution in [3.8, 4) is 6.07 Å². The molecule has 5 heteroatoms. The molecule has 5 nitrogen and oxygen atoms in total. The number of hydrogen-bond acceptors (Lipinski definition) is 5. The van der Waals surface area contributed by atoms with E-state index in [2.05, 4.69) is 15.9 Å². The summed E-state index contributed by atoms with van der Waals surface area (Å²) in [7, 11) is 0. The number of anilines is 1. The highest BCUT2D eigenvalue weighted by molar-refractivity contribution is 5.57. The largest absolute Gasteiger partial charge is 0.390 e. The Hall–Kier alpha value is -1.64. The molecule has 0 unspecified atom stereocenters. The van der Waals surface area contributed by atoms with Gasteiger partial charge in [0.15, 0.2) is 0 Å². The molecule has 4 rings (SSSR count). The number of aryl methyl sites for hydroxylation is 2. The molecule has 3 aliphatic rings. The van der Waals surface area contributed by atoms with Crippen molar-refractivity contribution < 1.29 is 5.11 Å². The maximum absolute atomic E-state index is 10.5. The van der Waals surface area contributed by atoms with Gasteiger partial charge in [0.2, 0.25) is 0 Å². The van der Waals surface area contributed by atoms with Crippen molar-refractivity contribution in [3.05, 3.63) is 22.9 Å². The molecular weight excluding hydrogens is 288 g/mol. The van der Waals surface area contributed by atoms with Crippen LogP contribution in [0, 0.1) is 11.3 Å². The Morgan fingerprint density at radius 2 is 1.91 bits per heavy atom. The number of β-amino-alcohol motifs (C(OH)–C–C–N with tert-alkyl or cyclic N) is 1. The minimum absolute atomic E-state index is 0.182. The Morgan fingerprint density at radius 1 is 1.13 bits per heavy atom. The molecule has 23 heavy (non-hydrogen) atoms. The highest BCUT2D eigenvalue weighted by Gasteiger charge is 2.38. The van der Waals surface area contributed by atoms with E-state index >= 15 is 0 Å². The van der Waals surface area contributed by atoms with Gasteiger partial charge in [0.25, 0.3) is 0 Å². The summed E-state index contributed by atoms with van der Waals surface area (Å²) in [6.45, 7) is 3.53. The van der Waals surface area contributed by atoms with Gasteiger partial charge in [-0.25, -0.2) is 4.98 Å². The van der Waals surface area contributed by atoms with E-state index in [4.69, 9.17) is 4.98 Å². The fourth-order valence-corrected chi connectivity index (χ4v) is 4.32. The van der Waals surface area contributed by atoms with Crippen LogP contribution >= 0.6 is 0 Å². The van der Waals surface area contributed by atoms with Crippen molar-refractivity contribution in [2.75, 3.05) is 31.1 Å². The number of nitrogens with zero attached hydrogens (tertiary/aromatic N) is 4. The molecule has 2 fully saturated rings. The van der Waals surface area contributed by atoms with Crippen LogP contribution in [0.2, 0.25) is 0 Å². The fourth-order valence-electron chi connectivity index (χ4n) is 4.32. The molecule has 0 aromatic carbocycles. The number of aromatic nitrogens is 1. The SMILES string of the molecule is N#Cc1cc2c(nc1N1C[C@H](O)[C@@H](N3CCCC3)C1)CCCC2. The summed E-state index contributed by atoms with van der Waals surface area (Å²) in [5, 5.41) is 20.0. The third-order valence-corrected chi connectivity index (χ3v) is 5.57. The van der Waals surface area contributed by atoms with E-state index in [1.54, 1.807) is 0 Å². The number of rotatable bonds is 2. The smallest absolute Gasteiger partial charge is 0.146 e. The van der Waals surface area contributed by atoms with Crippen LogP contribution in [0.3, 0.4) is 0 Å². The quantitative estimate of drug-likeness (QED) is 0.896. The first kappa shape index (κ1) is 14.9. The van der Waals surface area contributed by atoms with E-state index in [0.29, 0.717) is 12.1 Å². The third-order valence-electron chi connectivity index (χ3n) is 5.57. The molecule has 3 heterocycles. The maximum Gasteiger partial charge on any atom is 0.146 e. The highest BCUT2D eigenvalue weighted by atomic mass is 16.3. The lowest BCUT2D eigenvalue weighted by molar-refractivity contribution is 0.0986. The zero-order chi connectivity index (χ0) is 15.8. The number of aliphatic hydroxyl groups is 1. The van der Waals surface area contributed by atoms with Gasteiger partial charge in [0.1, 0.15) is 11.9 Å². The van der Waals surface area contributed by atoms with E-state index in [1.165, 1.54) is 31.2 Å². The monoisotopic (exact) mass is 312 g/mol. The molecule has 0 bridgehead atoms. The predicted octanol–water partition coefficient (Wildman–Crippen LogP) is 1.48. The minimum Gasteiger partial charge on any atom is -0.390 e. The topological polar surface area (TPSA) is 63.4 Å². The van der Waals surface area contributed by atoms with Crippen molar-refractivity contribution in [3.63, 3.8) is 0 Å². The van der Waals surface area contributed by atoms with Gasteiger partial charge in [0.05, 0.1) is 17.7 Å². The van der Waals surface area contributed by atoms with Gasteiger partial charge in [-0.15, -0.1) is 0 Å². The van der Waals surface area contributed by atoms with E-state index in [-0.39, 0.29) is 12.1 Å². The predicted molar refractivity (Wildman–Crippen MR) is 88.4 cm³/mol. The van der Waals surface area contributed by atoms with Crippen LogP contribution in [-0.2, 0) is 12.8 Å². The Kier molecular flexibility index (Phi) is 3.96. The van der Waals surface area contributed by atoms with E-state index in [0.717, 1.165) is 44.0 Å². The summed E-state index contributed by atoms with van der Waals surface area (Å²) in [6.07, 6.45) is 6.53. The van der Waals surface area contributed by atoms with Crippen molar-refractivity contribution in [2.24, 2.45) is 0 Å². The summed E-state index contributed by atoms with van der Waals surface area (Å²) >= 11 is 0. The second-order valence-electron chi connectivity index (χ2n) is 7.07. The van der Waals surface area contributed by atoms with Crippen LogP contribution in [0.5, 0.6) is 0 Å². The van der Waals surface area contributed by atoms with Crippen LogP contribution in [0.1, 0.15) is 42.5 Å². The molecule has 0 saturated carbocycles. The molecule has 0 amide bonds. The highest BCUT2D eigenvalue weighted by Crippen LogP contribution is 2.30. The number of aliphatic hydroxyl groups excluding tert-OH is 1. The van der Waals surface area contributed by atoms with Crippen LogP contribution < -0.4 is 4.90 Å². The molecule has 1 N–H and O–H groups in total. The molecule has 1 aliphatic carbocycles. The number of likely N-dealkylation sites (tertiary alicyclic amines) is 1. The van der Waals surface area contributed by atoms with Gasteiger partial charge in [0, 0.05) is 18.8 Å². The first-order chi connectivity index (χ1) is 11.3. The maximum atomic E-state index is 10.5. The van der Waals surface area contributed by atoms with Crippen molar-refractivity contribution in [1.82, 2.24) is 9.88 Å². The molecule has 0 radical (unpaired) electrons. The molecule has 1 aromatic rings. The first-order valence-electron chi connectivity index (χ1n) is 8.86. The van der Waals surface area contributed by atoms with Crippen molar-refractivity contribution >= 4 is 5.82 Å². The second kappa shape index (κ2) is 6.10. The standard InChI is InChI=1S/C18H24N4O/c19-10-14-9-13-5-1-2-6-15(13)20-18(14)22-11-16(17(23)12-22)21-7-3-4-8-21/h9,16-17,23H,1-8,11-12H2/t16-,17-/m0/s1. The molecular formula is C18H24N4O. The normalized spacial score (nSPS) is 27.9. The number of nitriles is 1. The summed E-state index contributed by atoms with van der Waals surface area (Å²) in [4.78, 5) is 9.36. The lowest BCUT2D eigenvalue weighted by Crippen LogP contribution is -2.41. The van der Waals surface area contributed by atoms with E-state index in [1.807, 2.05) is 6.07 Å². The summed E-state index contributed by atoms with van der Waals surface area (Å²) in [5.74, 6) is 0.786. The molecule has 0 spiro atoms. The van der Waals surface area contributed by atoms with Crippen LogP contribution in [0.4, 0.5) is 5.82 Å². The third kappa shape index (κ3) is 2.71. The Bertz CT molecular complexity index is 633. The minimum atomic E-state index is -0.350. The Morgan fingerprint density at radius 3 is 2.70 bits per heavy atom. The van der Waals surface area contributed by atoms with Crippen LogP contribution in [0.15, 0.2) is 6.07 Å². The summed E-state index contributed by atoms with van der Waals surface area (Å²) in [5.41, 5.74) is 3.07. The van der Waals surface area contributed by atoms with Crippen molar-refractivity contribution in [1.29, 1.82) is 5.26 Å². The van der Waals surface area contributed by atoms with Gasteiger partial charge in [-0.3, -0.25) is 4.90 Å². The van der Waals surface area contributed by atoms with E-state index in [9.17, 15) is 10.4 Å². The molecule has 2 aliphatic heterocycles. The van der Waals surface area contributed by atoms with E-state index < -0.39 is 0 Å².